The second-order valence-corrected chi connectivity index (χ2v) is 5.23. The van der Waals surface area contributed by atoms with Crippen LogP contribution in [0.4, 0.5) is 0 Å². The van der Waals surface area contributed by atoms with Gasteiger partial charge in [0.2, 0.25) is 10.0 Å². The molecule has 2 N–H and O–H groups in total. The highest BCUT2D eigenvalue weighted by Crippen LogP contribution is 2.20. The quantitative estimate of drug-likeness (QED) is 0.672. The topological polar surface area (TPSA) is 69.4 Å². The lowest BCUT2D eigenvalue weighted by molar-refractivity contribution is 0.0592. The fourth-order valence-corrected chi connectivity index (χ4v) is 2.09. The molecule has 13 heavy (non-hydrogen) atoms. The Morgan fingerprint density at radius 3 is 2.46 bits per heavy atom. The first kappa shape index (κ1) is 10.9. The van der Waals surface area contributed by atoms with E-state index in [1.807, 2.05) is 0 Å². The second-order valence-electron chi connectivity index (χ2n) is 3.50. The van der Waals surface area contributed by atoms with Crippen LogP contribution >= 0.6 is 0 Å². The number of primary sulfonamides is 1. The average Bonchev–Trinajstić information content (AvgIpc) is 2.48. The van der Waals surface area contributed by atoms with E-state index in [-0.39, 0.29) is 5.75 Å². The molecule has 5 heteroatoms. The zero-order valence-electron chi connectivity index (χ0n) is 7.74. The van der Waals surface area contributed by atoms with Crippen molar-refractivity contribution in [1.82, 2.24) is 0 Å². The SMILES string of the molecule is NS(=O)(=O)CCCOC1CCCC1. The van der Waals surface area contributed by atoms with Crippen LogP contribution < -0.4 is 5.14 Å². The van der Waals surface area contributed by atoms with E-state index in [2.05, 4.69) is 0 Å². The number of ether oxygens (including phenoxy) is 1. The van der Waals surface area contributed by atoms with E-state index < -0.39 is 10.0 Å². The molecule has 0 spiro atoms. The average molecular weight is 207 g/mol. The maximum absolute atomic E-state index is 10.5. The molecule has 78 valence electrons. The third-order valence-corrected chi connectivity index (χ3v) is 3.09. The molecule has 0 aromatic heterocycles. The van der Waals surface area contributed by atoms with Crippen molar-refractivity contribution in [2.24, 2.45) is 5.14 Å². The van der Waals surface area contributed by atoms with Gasteiger partial charge in [0.15, 0.2) is 0 Å². The zero-order chi connectivity index (χ0) is 9.73. The molecule has 0 amide bonds. The van der Waals surface area contributed by atoms with Crippen molar-refractivity contribution >= 4 is 10.0 Å². The monoisotopic (exact) mass is 207 g/mol. The molecule has 0 radical (unpaired) electrons. The Bertz CT molecular complexity index is 232. The highest BCUT2D eigenvalue weighted by atomic mass is 32.2. The molecule has 1 aliphatic carbocycles. The maximum atomic E-state index is 10.5. The van der Waals surface area contributed by atoms with Gasteiger partial charge in [-0.05, 0) is 19.3 Å². The first-order valence-corrected chi connectivity index (χ1v) is 6.41. The molecule has 4 nitrogen and oxygen atoms in total. The Hall–Kier alpha value is -0.130. The van der Waals surface area contributed by atoms with Crippen LogP contribution in [0, 0.1) is 0 Å². The maximum Gasteiger partial charge on any atom is 0.209 e. The van der Waals surface area contributed by atoms with Crippen LogP contribution in [-0.2, 0) is 14.8 Å². The summed E-state index contributed by atoms with van der Waals surface area (Å²) in [7, 11) is -3.30. The minimum absolute atomic E-state index is 0.0275. The van der Waals surface area contributed by atoms with Crippen molar-refractivity contribution in [3.8, 4) is 0 Å². The second kappa shape index (κ2) is 4.93. The summed E-state index contributed by atoms with van der Waals surface area (Å²) in [4.78, 5) is 0. The first-order chi connectivity index (χ1) is 6.08. The fourth-order valence-electron chi connectivity index (χ4n) is 1.57. The Balaban J connectivity index is 2.01. The van der Waals surface area contributed by atoms with Gasteiger partial charge in [0.05, 0.1) is 11.9 Å². The molecule has 1 rings (SSSR count). The third kappa shape index (κ3) is 5.23. The molecule has 0 heterocycles. The van der Waals surface area contributed by atoms with Crippen molar-refractivity contribution in [2.45, 2.75) is 38.2 Å². The molecular weight excluding hydrogens is 190 g/mol. The minimum Gasteiger partial charge on any atom is -0.378 e. The normalized spacial score (nSPS) is 19.5. The van der Waals surface area contributed by atoms with E-state index in [1.54, 1.807) is 0 Å². The number of sulfonamides is 1. The summed E-state index contributed by atoms with van der Waals surface area (Å²) in [6.07, 6.45) is 5.58. The van der Waals surface area contributed by atoms with Gasteiger partial charge in [-0.25, -0.2) is 13.6 Å². The van der Waals surface area contributed by atoms with Crippen molar-refractivity contribution in [3.63, 3.8) is 0 Å². The van der Waals surface area contributed by atoms with Crippen molar-refractivity contribution in [1.29, 1.82) is 0 Å². The van der Waals surface area contributed by atoms with E-state index in [1.165, 1.54) is 12.8 Å². The highest BCUT2D eigenvalue weighted by Gasteiger charge is 2.14. The van der Waals surface area contributed by atoms with E-state index in [4.69, 9.17) is 9.88 Å². The number of rotatable bonds is 5. The zero-order valence-corrected chi connectivity index (χ0v) is 8.55. The largest absolute Gasteiger partial charge is 0.378 e. The Morgan fingerprint density at radius 1 is 1.31 bits per heavy atom. The van der Waals surface area contributed by atoms with Gasteiger partial charge < -0.3 is 4.74 Å². The highest BCUT2D eigenvalue weighted by molar-refractivity contribution is 7.89. The summed E-state index contributed by atoms with van der Waals surface area (Å²) in [6, 6.07) is 0. The molecule has 0 aliphatic heterocycles. The van der Waals surface area contributed by atoms with Crippen LogP contribution in [0.15, 0.2) is 0 Å². The molecule has 0 unspecified atom stereocenters. The Morgan fingerprint density at radius 2 is 1.92 bits per heavy atom. The lowest BCUT2D eigenvalue weighted by atomic mass is 10.3. The first-order valence-electron chi connectivity index (χ1n) is 4.70. The number of hydrogen-bond donors (Lipinski definition) is 1. The minimum atomic E-state index is -3.30. The molecule has 1 fully saturated rings. The van der Waals surface area contributed by atoms with E-state index in [9.17, 15) is 8.42 Å². The predicted octanol–water partition coefficient (Wildman–Crippen LogP) is 0.624. The van der Waals surface area contributed by atoms with Crippen molar-refractivity contribution < 1.29 is 13.2 Å². The van der Waals surface area contributed by atoms with Gasteiger partial charge in [-0.2, -0.15) is 0 Å². The van der Waals surface area contributed by atoms with Crippen LogP contribution in [0.2, 0.25) is 0 Å². The van der Waals surface area contributed by atoms with E-state index in [0.717, 1.165) is 12.8 Å². The summed E-state index contributed by atoms with van der Waals surface area (Å²) < 4.78 is 26.6. The van der Waals surface area contributed by atoms with Gasteiger partial charge in [0.1, 0.15) is 0 Å². The lowest BCUT2D eigenvalue weighted by Gasteiger charge is -2.09. The smallest absolute Gasteiger partial charge is 0.209 e. The molecule has 0 aromatic carbocycles. The van der Waals surface area contributed by atoms with Crippen LogP contribution in [-0.4, -0.2) is 26.9 Å². The van der Waals surface area contributed by atoms with Crippen LogP contribution in [0.5, 0.6) is 0 Å². The van der Waals surface area contributed by atoms with Gasteiger partial charge in [-0.3, -0.25) is 0 Å². The molecule has 0 saturated heterocycles. The summed E-state index contributed by atoms with van der Waals surface area (Å²) in [5.74, 6) is 0.0275. The fraction of sp³-hybridized carbons (Fsp3) is 1.00. The van der Waals surface area contributed by atoms with E-state index >= 15 is 0 Å². The number of nitrogens with two attached hydrogens (primary N) is 1. The summed E-state index contributed by atoms with van der Waals surface area (Å²) >= 11 is 0. The van der Waals surface area contributed by atoms with Crippen molar-refractivity contribution in [3.05, 3.63) is 0 Å². The van der Waals surface area contributed by atoms with Gasteiger partial charge in [-0.15, -0.1) is 0 Å². The number of hydrogen-bond acceptors (Lipinski definition) is 3. The predicted molar refractivity (Wildman–Crippen MR) is 50.8 cm³/mol. The van der Waals surface area contributed by atoms with Crippen LogP contribution in [0.25, 0.3) is 0 Å². The lowest BCUT2D eigenvalue weighted by Crippen LogP contribution is -2.18. The van der Waals surface area contributed by atoms with Crippen LogP contribution in [0.3, 0.4) is 0 Å². The van der Waals surface area contributed by atoms with E-state index in [0.29, 0.717) is 19.1 Å². The molecule has 0 atom stereocenters. The van der Waals surface area contributed by atoms with Gasteiger partial charge in [0, 0.05) is 6.61 Å². The molecule has 0 bridgehead atoms. The standard InChI is InChI=1S/C8H17NO3S/c9-13(10,11)7-3-6-12-8-4-1-2-5-8/h8H,1-7H2,(H2,9,10,11). The summed E-state index contributed by atoms with van der Waals surface area (Å²) in [6.45, 7) is 0.515. The van der Waals surface area contributed by atoms with Gasteiger partial charge in [0.25, 0.3) is 0 Å². The van der Waals surface area contributed by atoms with Gasteiger partial charge >= 0.3 is 0 Å². The Labute approximate surface area is 79.5 Å². The third-order valence-electron chi connectivity index (χ3n) is 2.23. The summed E-state index contributed by atoms with van der Waals surface area (Å²) in [5.41, 5.74) is 0. The molecule has 0 aromatic rings. The molecular formula is C8H17NO3S. The molecule has 1 aliphatic rings. The molecule has 1 saturated carbocycles. The van der Waals surface area contributed by atoms with Gasteiger partial charge in [-0.1, -0.05) is 12.8 Å². The Kier molecular flexibility index (Phi) is 4.15. The van der Waals surface area contributed by atoms with Crippen molar-refractivity contribution in [2.75, 3.05) is 12.4 Å². The summed E-state index contributed by atoms with van der Waals surface area (Å²) in [5, 5.41) is 4.85. The van der Waals surface area contributed by atoms with Crippen LogP contribution in [0.1, 0.15) is 32.1 Å².